The summed E-state index contributed by atoms with van der Waals surface area (Å²) in [5.74, 6) is 0.409. The second-order valence-electron chi connectivity index (χ2n) is 6.60. The van der Waals surface area contributed by atoms with E-state index in [0.29, 0.717) is 11.6 Å². The predicted octanol–water partition coefficient (Wildman–Crippen LogP) is 3.11. The molecule has 3 heterocycles. The van der Waals surface area contributed by atoms with E-state index in [-0.39, 0.29) is 23.6 Å². The van der Waals surface area contributed by atoms with E-state index in [2.05, 4.69) is 21.8 Å². The first kappa shape index (κ1) is 19.8. The highest BCUT2D eigenvalue weighted by atomic mass is 19.1. The number of likely N-dealkylation sites (tertiary alicyclic amines) is 1. The van der Waals surface area contributed by atoms with Gasteiger partial charge in [0.15, 0.2) is 11.6 Å². The number of methoxy groups -OCH3 is 2. The Balaban J connectivity index is 1.60. The molecular weight excluding hydrogens is 363 g/mol. The maximum Gasteiger partial charge on any atom is 0.257 e. The van der Waals surface area contributed by atoms with E-state index in [1.54, 1.807) is 14.2 Å². The Morgan fingerprint density at radius 2 is 1.96 bits per heavy atom. The molecule has 0 spiro atoms. The van der Waals surface area contributed by atoms with Crippen molar-refractivity contribution in [3.05, 3.63) is 41.5 Å². The van der Waals surface area contributed by atoms with Crippen LogP contribution in [0.1, 0.15) is 37.1 Å². The van der Waals surface area contributed by atoms with Gasteiger partial charge in [-0.15, -0.1) is 0 Å². The summed E-state index contributed by atoms with van der Waals surface area (Å²) in [4.78, 5) is 10.8. The Kier molecular flexibility index (Phi) is 6.26. The van der Waals surface area contributed by atoms with Crippen LogP contribution in [0.5, 0.6) is 17.5 Å². The smallest absolute Gasteiger partial charge is 0.257 e. The highest BCUT2D eigenvalue weighted by Crippen LogP contribution is 2.30. The van der Waals surface area contributed by atoms with Gasteiger partial charge < -0.3 is 14.2 Å². The Labute approximate surface area is 163 Å². The van der Waals surface area contributed by atoms with E-state index in [9.17, 15) is 4.39 Å². The molecule has 7 nitrogen and oxygen atoms in total. The summed E-state index contributed by atoms with van der Waals surface area (Å²) in [7, 11) is 3.15. The summed E-state index contributed by atoms with van der Waals surface area (Å²) < 4.78 is 30.2. The van der Waals surface area contributed by atoms with Gasteiger partial charge in [0.05, 0.1) is 25.5 Å². The van der Waals surface area contributed by atoms with Gasteiger partial charge in [-0.2, -0.15) is 5.26 Å². The number of ether oxygens (including phenoxy) is 3. The quantitative estimate of drug-likeness (QED) is 0.754. The van der Waals surface area contributed by atoms with Crippen LogP contribution in [0.3, 0.4) is 0 Å². The molecule has 3 rings (SSSR count). The third-order valence-electron chi connectivity index (χ3n) is 4.93. The molecule has 1 aliphatic heterocycles. The number of aromatic nitrogens is 2. The lowest BCUT2D eigenvalue weighted by Gasteiger charge is -2.35. The molecule has 0 bridgehead atoms. The number of hydrogen-bond acceptors (Lipinski definition) is 7. The third kappa shape index (κ3) is 4.31. The molecule has 1 aliphatic rings. The van der Waals surface area contributed by atoms with Crippen molar-refractivity contribution in [1.29, 1.82) is 5.26 Å². The predicted molar refractivity (Wildman–Crippen MR) is 99.9 cm³/mol. The lowest BCUT2D eigenvalue weighted by Crippen LogP contribution is -2.40. The van der Waals surface area contributed by atoms with Gasteiger partial charge in [-0.05, 0) is 38.0 Å². The Morgan fingerprint density at radius 1 is 1.21 bits per heavy atom. The monoisotopic (exact) mass is 386 g/mol. The number of rotatable bonds is 6. The molecule has 2 aromatic heterocycles. The lowest BCUT2D eigenvalue weighted by atomic mass is 10.0. The lowest BCUT2D eigenvalue weighted by molar-refractivity contribution is 0.0728. The fraction of sp³-hybridized carbons (Fsp3) is 0.450. The first-order valence-corrected chi connectivity index (χ1v) is 9.11. The van der Waals surface area contributed by atoms with Crippen molar-refractivity contribution < 1.29 is 18.6 Å². The Bertz CT molecular complexity index is 863. The number of halogens is 1. The van der Waals surface area contributed by atoms with Crippen LogP contribution in [0.25, 0.3) is 0 Å². The summed E-state index contributed by atoms with van der Waals surface area (Å²) >= 11 is 0. The fourth-order valence-corrected chi connectivity index (χ4v) is 3.28. The molecule has 8 heteroatoms. The van der Waals surface area contributed by atoms with Crippen molar-refractivity contribution in [3.8, 4) is 23.6 Å². The summed E-state index contributed by atoms with van der Waals surface area (Å²) in [6.07, 6.45) is 2.70. The summed E-state index contributed by atoms with van der Waals surface area (Å²) in [5.41, 5.74) is 1.08. The first-order valence-electron chi connectivity index (χ1n) is 9.11. The number of piperidine rings is 1. The first-order chi connectivity index (χ1) is 13.5. The highest BCUT2D eigenvalue weighted by Gasteiger charge is 2.26. The molecular formula is C20H23FN4O3. The van der Waals surface area contributed by atoms with Gasteiger partial charge in [-0.3, -0.25) is 4.90 Å². The Hall–Kier alpha value is -2.92. The zero-order valence-electron chi connectivity index (χ0n) is 16.2. The topological polar surface area (TPSA) is 80.5 Å². The van der Waals surface area contributed by atoms with Crippen LogP contribution in [0.15, 0.2) is 24.4 Å². The molecule has 28 heavy (non-hydrogen) atoms. The molecule has 0 amide bonds. The van der Waals surface area contributed by atoms with E-state index in [1.807, 2.05) is 18.2 Å². The average Bonchev–Trinajstić information content (AvgIpc) is 2.74. The van der Waals surface area contributed by atoms with Crippen molar-refractivity contribution in [2.75, 3.05) is 27.3 Å². The van der Waals surface area contributed by atoms with Gasteiger partial charge in [0.1, 0.15) is 12.2 Å². The van der Waals surface area contributed by atoms with Crippen LogP contribution in [-0.4, -0.2) is 48.3 Å². The molecule has 1 atom stereocenters. The van der Waals surface area contributed by atoms with Crippen LogP contribution in [0.4, 0.5) is 4.39 Å². The van der Waals surface area contributed by atoms with Gasteiger partial charge in [0.2, 0.25) is 0 Å². The SMILES string of the molecule is COc1ccc(C(C)N2CCC(Oc3ncc(C#N)cc3F)CC2)nc1OC. The van der Waals surface area contributed by atoms with Gasteiger partial charge in [0, 0.05) is 25.3 Å². The molecule has 148 valence electrons. The summed E-state index contributed by atoms with van der Waals surface area (Å²) in [6, 6.07) is 6.89. The molecule has 1 unspecified atom stereocenters. The van der Waals surface area contributed by atoms with E-state index >= 15 is 0 Å². The van der Waals surface area contributed by atoms with Crippen molar-refractivity contribution >= 4 is 0 Å². The van der Waals surface area contributed by atoms with E-state index < -0.39 is 5.82 Å². The number of nitriles is 1. The minimum Gasteiger partial charge on any atom is -0.491 e. The molecule has 2 aromatic rings. The largest absolute Gasteiger partial charge is 0.491 e. The van der Waals surface area contributed by atoms with Crippen molar-refractivity contribution in [2.45, 2.75) is 31.9 Å². The van der Waals surface area contributed by atoms with Crippen molar-refractivity contribution in [2.24, 2.45) is 0 Å². The number of hydrogen-bond donors (Lipinski definition) is 0. The fourth-order valence-electron chi connectivity index (χ4n) is 3.28. The molecule has 1 fully saturated rings. The normalized spacial score (nSPS) is 16.2. The zero-order chi connectivity index (χ0) is 20.1. The number of pyridine rings is 2. The molecule has 0 N–H and O–H groups in total. The van der Waals surface area contributed by atoms with Gasteiger partial charge in [-0.1, -0.05) is 0 Å². The van der Waals surface area contributed by atoms with Gasteiger partial charge in [0.25, 0.3) is 11.8 Å². The molecule has 0 saturated carbocycles. The van der Waals surface area contributed by atoms with Crippen LogP contribution in [-0.2, 0) is 0 Å². The van der Waals surface area contributed by atoms with Gasteiger partial charge >= 0.3 is 0 Å². The molecule has 0 aromatic carbocycles. The minimum atomic E-state index is -0.607. The maximum atomic E-state index is 14.0. The van der Waals surface area contributed by atoms with Gasteiger partial charge in [-0.25, -0.2) is 14.4 Å². The van der Waals surface area contributed by atoms with E-state index in [4.69, 9.17) is 19.5 Å². The number of nitrogens with zero attached hydrogens (tertiary/aromatic N) is 4. The highest BCUT2D eigenvalue weighted by molar-refractivity contribution is 5.35. The second kappa shape index (κ2) is 8.85. The Morgan fingerprint density at radius 3 is 2.57 bits per heavy atom. The van der Waals surface area contributed by atoms with Crippen LogP contribution in [0.2, 0.25) is 0 Å². The average molecular weight is 386 g/mol. The summed E-state index contributed by atoms with van der Waals surface area (Å²) in [5, 5.41) is 8.79. The molecule has 0 aliphatic carbocycles. The van der Waals surface area contributed by atoms with Crippen molar-refractivity contribution in [1.82, 2.24) is 14.9 Å². The third-order valence-corrected chi connectivity index (χ3v) is 4.93. The second-order valence-corrected chi connectivity index (χ2v) is 6.60. The van der Waals surface area contributed by atoms with Crippen molar-refractivity contribution in [3.63, 3.8) is 0 Å². The van der Waals surface area contributed by atoms with E-state index in [1.165, 1.54) is 6.20 Å². The minimum absolute atomic E-state index is 0.0490. The standard InChI is InChI=1S/C20H23FN4O3/c1-13(17-4-5-18(26-2)20(24-17)27-3)25-8-6-15(7-9-25)28-19-16(21)10-14(11-22)12-23-19/h4-5,10,12-13,15H,6-9H2,1-3H3. The zero-order valence-corrected chi connectivity index (χ0v) is 16.2. The van der Waals surface area contributed by atoms with E-state index in [0.717, 1.165) is 37.7 Å². The van der Waals surface area contributed by atoms with Crippen LogP contribution >= 0.6 is 0 Å². The van der Waals surface area contributed by atoms with Crippen LogP contribution < -0.4 is 14.2 Å². The molecule has 0 radical (unpaired) electrons. The van der Waals surface area contributed by atoms with Crippen LogP contribution in [0, 0.1) is 17.1 Å². The molecule has 1 saturated heterocycles. The summed E-state index contributed by atoms with van der Waals surface area (Å²) in [6.45, 7) is 3.68. The maximum absolute atomic E-state index is 14.0.